The molecule has 10 nitrogen and oxygen atoms in total. The van der Waals surface area contributed by atoms with Crippen molar-refractivity contribution in [1.29, 1.82) is 0 Å². The number of rotatable bonds is 7. The molecule has 0 radical (unpaired) electrons. The lowest BCUT2D eigenvalue weighted by atomic mass is 10.2. The van der Waals surface area contributed by atoms with Crippen LogP contribution in [0.2, 0.25) is 0 Å². The summed E-state index contributed by atoms with van der Waals surface area (Å²) in [5.74, 6) is 3.67. The van der Waals surface area contributed by atoms with E-state index < -0.39 is 0 Å². The maximum absolute atomic E-state index is 5.41. The average Bonchev–Trinajstić information content (AvgIpc) is 2.84. The Labute approximate surface area is 180 Å². The van der Waals surface area contributed by atoms with Crippen LogP contribution in [-0.4, -0.2) is 67.4 Å². The zero-order valence-electron chi connectivity index (χ0n) is 17.8. The van der Waals surface area contributed by atoms with Gasteiger partial charge < -0.3 is 29.3 Å². The predicted octanol–water partition coefficient (Wildman–Crippen LogP) is 2.36. The van der Waals surface area contributed by atoms with Crippen molar-refractivity contribution < 1.29 is 14.2 Å². The molecule has 1 fully saturated rings. The molecule has 1 aromatic carbocycles. The lowest BCUT2D eigenvalue weighted by Crippen LogP contribution is -2.47. The molecule has 1 saturated heterocycles. The first-order valence-electron chi connectivity index (χ1n) is 9.89. The SMILES string of the molecule is COc1cc(Nc2ncnc(N3CCN(c4ccccn4)CC3)n2)cc(OC)c1OC. The highest BCUT2D eigenvalue weighted by Crippen LogP contribution is 2.40. The van der Waals surface area contributed by atoms with Gasteiger partial charge in [0.25, 0.3) is 0 Å². The molecule has 1 aliphatic heterocycles. The number of piperazine rings is 1. The fraction of sp³-hybridized carbons (Fsp3) is 0.333. The minimum absolute atomic E-state index is 0.437. The van der Waals surface area contributed by atoms with Crippen molar-refractivity contribution in [2.24, 2.45) is 0 Å². The minimum Gasteiger partial charge on any atom is -0.493 e. The van der Waals surface area contributed by atoms with Gasteiger partial charge in [-0.3, -0.25) is 0 Å². The second kappa shape index (κ2) is 9.33. The molecule has 0 spiro atoms. The molecule has 3 aromatic rings. The van der Waals surface area contributed by atoms with E-state index in [4.69, 9.17) is 14.2 Å². The fourth-order valence-electron chi connectivity index (χ4n) is 3.46. The maximum Gasteiger partial charge on any atom is 0.232 e. The summed E-state index contributed by atoms with van der Waals surface area (Å²) in [6.45, 7) is 3.28. The summed E-state index contributed by atoms with van der Waals surface area (Å²) < 4.78 is 16.2. The molecule has 162 valence electrons. The van der Waals surface area contributed by atoms with Gasteiger partial charge in [0.15, 0.2) is 11.5 Å². The number of nitrogens with one attached hydrogen (secondary N) is 1. The Bertz CT molecular complexity index is 986. The van der Waals surface area contributed by atoms with Crippen LogP contribution >= 0.6 is 0 Å². The van der Waals surface area contributed by atoms with Crippen LogP contribution in [0.5, 0.6) is 17.2 Å². The summed E-state index contributed by atoms with van der Waals surface area (Å²) in [5.41, 5.74) is 0.714. The highest BCUT2D eigenvalue weighted by Gasteiger charge is 2.20. The number of nitrogens with zero attached hydrogens (tertiary/aromatic N) is 6. The number of hydrogen-bond acceptors (Lipinski definition) is 10. The second-order valence-corrected chi connectivity index (χ2v) is 6.81. The summed E-state index contributed by atoms with van der Waals surface area (Å²) in [6.07, 6.45) is 3.32. The van der Waals surface area contributed by atoms with Crippen molar-refractivity contribution in [3.8, 4) is 17.2 Å². The van der Waals surface area contributed by atoms with Crippen LogP contribution in [0.1, 0.15) is 0 Å². The van der Waals surface area contributed by atoms with Crippen molar-refractivity contribution in [2.75, 3.05) is 62.6 Å². The molecular weight excluding hydrogens is 398 g/mol. The van der Waals surface area contributed by atoms with Crippen molar-refractivity contribution in [2.45, 2.75) is 0 Å². The van der Waals surface area contributed by atoms with Crippen molar-refractivity contribution >= 4 is 23.4 Å². The Balaban J connectivity index is 1.47. The van der Waals surface area contributed by atoms with E-state index in [0.29, 0.717) is 34.8 Å². The molecule has 0 unspecified atom stereocenters. The largest absolute Gasteiger partial charge is 0.493 e. The van der Waals surface area contributed by atoms with Gasteiger partial charge in [0.1, 0.15) is 12.1 Å². The Morgan fingerprint density at radius 2 is 1.55 bits per heavy atom. The van der Waals surface area contributed by atoms with Crippen molar-refractivity contribution in [1.82, 2.24) is 19.9 Å². The standard InChI is InChI=1S/C21H25N7O3/c1-29-16-12-15(13-17(30-2)19(16)31-3)25-20-23-14-24-21(26-20)28-10-8-27(9-11-28)18-6-4-5-7-22-18/h4-7,12-14H,8-11H2,1-3H3,(H,23,24,25,26). The van der Waals surface area contributed by atoms with Crippen LogP contribution in [0.3, 0.4) is 0 Å². The topological polar surface area (TPSA) is 97.8 Å². The fourth-order valence-corrected chi connectivity index (χ4v) is 3.46. The number of ether oxygens (including phenoxy) is 3. The van der Waals surface area contributed by atoms with E-state index in [9.17, 15) is 0 Å². The number of anilines is 4. The summed E-state index contributed by atoms with van der Waals surface area (Å²) in [4.78, 5) is 22.0. The third-order valence-electron chi connectivity index (χ3n) is 5.02. The van der Waals surface area contributed by atoms with Gasteiger partial charge in [0.05, 0.1) is 21.3 Å². The maximum atomic E-state index is 5.41. The first-order valence-corrected chi connectivity index (χ1v) is 9.89. The number of aromatic nitrogens is 4. The quantitative estimate of drug-likeness (QED) is 0.610. The second-order valence-electron chi connectivity index (χ2n) is 6.81. The Morgan fingerprint density at radius 3 is 2.16 bits per heavy atom. The highest BCUT2D eigenvalue weighted by molar-refractivity contribution is 5.65. The zero-order chi connectivity index (χ0) is 21.6. The van der Waals surface area contributed by atoms with Crippen LogP contribution in [0.15, 0.2) is 42.9 Å². The van der Waals surface area contributed by atoms with Gasteiger partial charge in [-0.15, -0.1) is 0 Å². The Kier molecular flexibility index (Phi) is 6.16. The van der Waals surface area contributed by atoms with Crippen LogP contribution in [0, 0.1) is 0 Å². The van der Waals surface area contributed by atoms with Gasteiger partial charge in [-0.05, 0) is 12.1 Å². The lowest BCUT2D eigenvalue weighted by Gasteiger charge is -2.35. The number of pyridine rings is 1. The number of hydrogen-bond donors (Lipinski definition) is 1. The molecule has 1 N–H and O–H groups in total. The first kappa shape index (κ1) is 20.5. The molecular formula is C21H25N7O3. The van der Waals surface area contributed by atoms with Crippen LogP contribution in [0.25, 0.3) is 0 Å². The third kappa shape index (κ3) is 4.52. The van der Waals surface area contributed by atoms with Crippen LogP contribution in [-0.2, 0) is 0 Å². The molecule has 0 aliphatic carbocycles. The minimum atomic E-state index is 0.437. The van der Waals surface area contributed by atoms with Crippen LogP contribution < -0.4 is 29.3 Å². The molecule has 0 saturated carbocycles. The van der Waals surface area contributed by atoms with Gasteiger partial charge in [-0.1, -0.05) is 6.07 Å². The van der Waals surface area contributed by atoms with E-state index in [1.807, 2.05) is 24.4 Å². The van der Waals surface area contributed by atoms with Gasteiger partial charge >= 0.3 is 0 Å². The van der Waals surface area contributed by atoms with E-state index in [1.165, 1.54) is 6.33 Å². The molecule has 2 aromatic heterocycles. The molecule has 31 heavy (non-hydrogen) atoms. The molecule has 1 aliphatic rings. The predicted molar refractivity (Wildman–Crippen MR) is 118 cm³/mol. The molecule has 3 heterocycles. The van der Waals surface area contributed by atoms with Crippen LogP contribution in [0.4, 0.5) is 23.4 Å². The lowest BCUT2D eigenvalue weighted by molar-refractivity contribution is 0.324. The summed E-state index contributed by atoms with van der Waals surface area (Å²) in [6, 6.07) is 9.56. The zero-order valence-corrected chi connectivity index (χ0v) is 17.8. The van der Waals surface area contributed by atoms with E-state index in [2.05, 4.69) is 35.1 Å². The Hall–Kier alpha value is -3.82. The van der Waals surface area contributed by atoms with E-state index in [-0.39, 0.29) is 0 Å². The monoisotopic (exact) mass is 423 g/mol. The van der Waals surface area contributed by atoms with Crippen molar-refractivity contribution in [3.63, 3.8) is 0 Å². The summed E-state index contributed by atoms with van der Waals surface area (Å²) in [7, 11) is 4.72. The molecule has 0 bridgehead atoms. The highest BCUT2D eigenvalue weighted by atomic mass is 16.5. The first-order chi connectivity index (χ1) is 15.2. The van der Waals surface area contributed by atoms with E-state index >= 15 is 0 Å². The average molecular weight is 423 g/mol. The molecule has 0 atom stereocenters. The summed E-state index contributed by atoms with van der Waals surface area (Å²) >= 11 is 0. The normalized spacial score (nSPS) is 13.6. The van der Waals surface area contributed by atoms with Gasteiger partial charge in [0.2, 0.25) is 17.6 Å². The number of benzene rings is 1. The molecule has 10 heteroatoms. The van der Waals surface area contributed by atoms with Gasteiger partial charge in [-0.2, -0.15) is 4.98 Å². The van der Waals surface area contributed by atoms with E-state index in [0.717, 1.165) is 32.0 Å². The summed E-state index contributed by atoms with van der Waals surface area (Å²) in [5, 5.41) is 3.19. The Morgan fingerprint density at radius 1 is 0.839 bits per heavy atom. The number of methoxy groups -OCH3 is 3. The van der Waals surface area contributed by atoms with Gasteiger partial charge in [-0.25, -0.2) is 15.0 Å². The van der Waals surface area contributed by atoms with Crippen molar-refractivity contribution in [3.05, 3.63) is 42.9 Å². The molecule has 4 rings (SSSR count). The smallest absolute Gasteiger partial charge is 0.232 e. The van der Waals surface area contributed by atoms with E-state index in [1.54, 1.807) is 33.5 Å². The molecule has 0 amide bonds. The third-order valence-corrected chi connectivity index (χ3v) is 5.02. The van der Waals surface area contributed by atoms with Gasteiger partial charge in [0, 0.05) is 50.2 Å².